The van der Waals surface area contributed by atoms with Crippen molar-refractivity contribution >= 4 is 13.5 Å². The lowest BCUT2D eigenvalue weighted by atomic mass is 10.5. The average Bonchev–Trinajstić information content (AvgIpc) is 2.51. The van der Waals surface area contributed by atoms with Gasteiger partial charge in [-0.15, -0.1) is 0 Å². The predicted molar refractivity (Wildman–Crippen MR) is 73.9 cm³/mol. The second-order valence-electron chi connectivity index (χ2n) is 5.76. The molecule has 0 aromatic carbocycles. The van der Waals surface area contributed by atoms with Gasteiger partial charge in [-0.2, -0.15) is 0 Å². The standard InChI is InChI=1S/C13H26N2Si/c1-10(2)16(11(3)4,12(5)6)13-14-8-9-15(13)7/h8-12H,1-7H3. The molecule has 1 heterocycles. The van der Waals surface area contributed by atoms with Crippen molar-refractivity contribution in [1.82, 2.24) is 9.55 Å². The van der Waals surface area contributed by atoms with E-state index in [9.17, 15) is 0 Å². The van der Waals surface area contributed by atoms with Crippen LogP contribution in [0.1, 0.15) is 41.5 Å². The normalized spacial score (nSPS) is 13.1. The number of hydrogen-bond donors (Lipinski definition) is 0. The highest BCUT2D eigenvalue weighted by Gasteiger charge is 2.47. The first-order valence-corrected chi connectivity index (χ1v) is 8.56. The van der Waals surface area contributed by atoms with Gasteiger partial charge in [0.05, 0.1) is 5.45 Å². The monoisotopic (exact) mass is 238 g/mol. The van der Waals surface area contributed by atoms with Gasteiger partial charge in [0.25, 0.3) is 0 Å². The summed E-state index contributed by atoms with van der Waals surface area (Å²) >= 11 is 0. The van der Waals surface area contributed by atoms with Gasteiger partial charge in [-0.25, -0.2) is 4.98 Å². The zero-order valence-electron chi connectivity index (χ0n) is 11.8. The summed E-state index contributed by atoms with van der Waals surface area (Å²) in [5, 5.41) is 0. The summed E-state index contributed by atoms with van der Waals surface area (Å²) in [6.07, 6.45) is 4.04. The lowest BCUT2D eigenvalue weighted by Crippen LogP contribution is -2.59. The van der Waals surface area contributed by atoms with E-state index in [2.05, 4.69) is 64.3 Å². The van der Waals surface area contributed by atoms with Gasteiger partial charge >= 0.3 is 0 Å². The number of aryl methyl sites for hydroxylation is 1. The first kappa shape index (κ1) is 13.5. The molecule has 0 bridgehead atoms. The fourth-order valence-corrected chi connectivity index (χ4v) is 10.1. The van der Waals surface area contributed by atoms with E-state index >= 15 is 0 Å². The molecule has 0 spiro atoms. The Labute approximate surface area is 101 Å². The Morgan fingerprint density at radius 1 is 1.00 bits per heavy atom. The SMILES string of the molecule is CC(C)[Si](c1nccn1C)(C(C)C)C(C)C. The fourth-order valence-electron chi connectivity index (χ4n) is 3.56. The molecule has 2 nitrogen and oxygen atoms in total. The van der Waals surface area contributed by atoms with Crippen molar-refractivity contribution in [2.24, 2.45) is 7.05 Å². The van der Waals surface area contributed by atoms with Crippen LogP contribution in [0, 0.1) is 0 Å². The van der Waals surface area contributed by atoms with E-state index < -0.39 is 8.07 Å². The molecule has 1 aromatic heterocycles. The lowest BCUT2D eigenvalue weighted by molar-refractivity contribution is 0.809. The Hall–Kier alpha value is -0.573. The van der Waals surface area contributed by atoms with Gasteiger partial charge in [-0.05, 0) is 16.6 Å². The Balaban J connectivity index is 3.39. The Morgan fingerprint density at radius 3 is 1.69 bits per heavy atom. The van der Waals surface area contributed by atoms with E-state index in [0.29, 0.717) is 0 Å². The third-order valence-corrected chi connectivity index (χ3v) is 11.1. The predicted octanol–water partition coefficient (Wildman–Crippen LogP) is 3.31. The maximum Gasteiger partial charge on any atom is 0.139 e. The number of aromatic nitrogens is 2. The summed E-state index contributed by atoms with van der Waals surface area (Å²) in [5.41, 5.74) is 3.56. The van der Waals surface area contributed by atoms with Crippen molar-refractivity contribution < 1.29 is 0 Å². The molecule has 0 aliphatic heterocycles. The fraction of sp³-hybridized carbons (Fsp3) is 0.769. The molecular weight excluding hydrogens is 212 g/mol. The maximum atomic E-state index is 4.68. The molecule has 0 atom stereocenters. The van der Waals surface area contributed by atoms with Gasteiger partial charge in [0.2, 0.25) is 0 Å². The van der Waals surface area contributed by atoms with Crippen molar-refractivity contribution in [3.8, 4) is 0 Å². The van der Waals surface area contributed by atoms with E-state index in [0.717, 1.165) is 16.6 Å². The highest BCUT2D eigenvalue weighted by molar-refractivity contribution is 6.94. The molecule has 3 heteroatoms. The largest absolute Gasteiger partial charge is 0.342 e. The summed E-state index contributed by atoms with van der Waals surface area (Å²) in [5.74, 6) is 0. The molecule has 1 aromatic rings. The molecule has 0 fully saturated rings. The van der Waals surface area contributed by atoms with Crippen molar-refractivity contribution in [2.45, 2.75) is 58.2 Å². The highest BCUT2D eigenvalue weighted by Crippen LogP contribution is 2.40. The number of nitrogens with zero attached hydrogens (tertiary/aromatic N) is 2. The molecule has 92 valence electrons. The van der Waals surface area contributed by atoms with Crippen LogP contribution in [0.5, 0.6) is 0 Å². The van der Waals surface area contributed by atoms with Crippen molar-refractivity contribution in [1.29, 1.82) is 0 Å². The first-order chi connectivity index (χ1) is 7.35. The third-order valence-electron chi connectivity index (χ3n) is 4.07. The van der Waals surface area contributed by atoms with Crippen LogP contribution in [0.15, 0.2) is 12.4 Å². The number of hydrogen-bond acceptors (Lipinski definition) is 1. The highest BCUT2D eigenvalue weighted by atomic mass is 28.3. The maximum absolute atomic E-state index is 4.68. The van der Waals surface area contributed by atoms with E-state index in [4.69, 9.17) is 0 Å². The molecule has 0 amide bonds. The van der Waals surface area contributed by atoms with Crippen LogP contribution in [-0.4, -0.2) is 17.6 Å². The Morgan fingerprint density at radius 2 is 1.44 bits per heavy atom. The van der Waals surface area contributed by atoms with Crippen molar-refractivity contribution in [2.75, 3.05) is 0 Å². The molecule has 0 saturated heterocycles. The summed E-state index contributed by atoms with van der Waals surface area (Å²) in [6.45, 7) is 14.3. The Bertz CT molecular complexity index is 318. The van der Waals surface area contributed by atoms with E-state index in [-0.39, 0.29) is 0 Å². The van der Waals surface area contributed by atoms with Gasteiger partial charge in [0.1, 0.15) is 8.07 Å². The molecule has 16 heavy (non-hydrogen) atoms. The molecule has 0 radical (unpaired) electrons. The van der Waals surface area contributed by atoms with Gasteiger partial charge in [0.15, 0.2) is 0 Å². The molecular formula is C13H26N2Si. The molecule has 0 N–H and O–H groups in total. The van der Waals surface area contributed by atoms with Gasteiger partial charge < -0.3 is 4.57 Å². The summed E-state index contributed by atoms with van der Waals surface area (Å²) in [4.78, 5) is 4.68. The molecule has 1 rings (SSSR count). The Kier molecular flexibility index (Phi) is 4.00. The molecule has 0 aliphatic rings. The third kappa shape index (κ3) is 1.86. The second-order valence-corrected chi connectivity index (χ2v) is 11.5. The summed E-state index contributed by atoms with van der Waals surface area (Å²) in [7, 11) is 0.592. The molecule has 0 aliphatic carbocycles. The van der Waals surface area contributed by atoms with Crippen molar-refractivity contribution in [3.05, 3.63) is 12.4 Å². The minimum absolute atomic E-state index is 0.730. The van der Waals surface area contributed by atoms with Crippen LogP contribution in [0.3, 0.4) is 0 Å². The topological polar surface area (TPSA) is 17.8 Å². The average molecular weight is 238 g/mol. The van der Waals surface area contributed by atoms with Gasteiger partial charge in [-0.1, -0.05) is 41.5 Å². The van der Waals surface area contributed by atoms with Gasteiger partial charge in [-0.3, -0.25) is 0 Å². The quantitative estimate of drug-likeness (QED) is 0.736. The van der Waals surface area contributed by atoms with Crippen LogP contribution in [0.4, 0.5) is 0 Å². The number of rotatable bonds is 4. The second kappa shape index (κ2) is 4.74. The van der Waals surface area contributed by atoms with Crippen LogP contribution < -0.4 is 5.45 Å². The van der Waals surface area contributed by atoms with E-state index in [1.54, 1.807) is 0 Å². The van der Waals surface area contributed by atoms with E-state index in [1.807, 2.05) is 6.20 Å². The molecule has 0 saturated carbocycles. The lowest BCUT2D eigenvalue weighted by Gasteiger charge is -2.42. The van der Waals surface area contributed by atoms with Crippen molar-refractivity contribution in [3.63, 3.8) is 0 Å². The smallest absolute Gasteiger partial charge is 0.139 e. The zero-order valence-corrected chi connectivity index (χ0v) is 12.8. The summed E-state index contributed by atoms with van der Waals surface area (Å²) < 4.78 is 2.24. The van der Waals surface area contributed by atoms with Crippen LogP contribution >= 0.6 is 0 Å². The van der Waals surface area contributed by atoms with Crippen LogP contribution in [0.2, 0.25) is 16.6 Å². The van der Waals surface area contributed by atoms with Gasteiger partial charge in [0, 0.05) is 19.4 Å². The minimum atomic E-state index is -1.54. The van der Waals surface area contributed by atoms with Crippen LogP contribution in [-0.2, 0) is 7.05 Å². The summed E-state index contributed by atoms with van der Waals surface area (Å²) in [6, 6.07) is 0. The zero-order chi connectivity index (χ0) is 12.5. The first-order valence-electron chi connectivity index (χ1n) is 6.32. The van der Waals surface area contributed by atoms with E-state index in [1.165, 1.54) is 5.45 Å². The number of imidazole rings is 1. The minimum Gasteiger partial charge on any atom is -0.342 e. The molecule has 0 unspecified atom stereocenters. The van der Waals surface area contributed by atoms with Crippen LogP contribution in [0.25, 0.3) is 0 Å².